The van der Waals surface area contributed by atoms with Gasteiger partial charge in [0.25, 0.3) is 0 Å². The number of hydrogen-bond acceptors (Lipinski definition) is 5. The number of amides is 1. The maximum absolute atomic E-state index is 12.5. The van der Waals surface area contributed by atoms with Gasteiger partial charge in [0.2, 0.25) is 5.91 Å². The Hall–Kier alpha value is -3.06. The van der Waals surface area contributed by atoms with E-state index in [-0.39, 0.29) is 18.1 Å². The van der Waals surface area contributed by atoms with E-state index in [2.05, 4.69) is 16.0 Å². The van der Waals surface area contributed by atoms with Crippen molar-refractivity contribution in [1.29, 1.82) is 0 Å². The summed E-state index contributed by atoms with van der Waals surface area (Å²) in [4.78, 5) is 17.4. The summed E-state index contributed by atoms with van der Waals surface area (Å²) in [6.07, 6.45) is 3.22. The molecule has 32 heavy (non-hydrogen) atoms. The lowest BCUT2D eigenvalue weighted by Gasteiger charge is -2.18. The molecule has 2 aromatic carbocycles. The molecule has 3 aromatic rings. The van der Waals surface area contributed by atoms with Crippen molar-refractivity contribution < 1.29 is 19.0 Å². The summed E-state index contributed by atoms with van der Waals surface area (Å²) in [6, 6.07) is 15.5. The molecule has 2 unspecified atom stereocenters. The van der Waals surface area contributed by atoms with Gasteiger partial charge >= 0.3 is 0 Å². The quantitative estimate of drug-likeness (QED) is 0.480. The van der Waals surface area contributed by atoms with Gasteiger partial charge in [-0.25, -0.2) is 4.98 Å². The largest absolute Gasteiger partial charge is 0.497 e. The molecule has 0 spiro atoms. The Morgan fingerprint density at radius 3 is 2.72 bits per heavy atom. The second-order valence-electron chi connectivity index (χ2n) is 8.07. The van der Waals surface area contributed by atoms with Crippen molar-refractivity contribution in [2.24, 2.45) is 0 Å². The smallest absolute Gasteiger partial charge is 0.249 e. The van der Waals surface area contributed by atoms with Crippen molar-refractivity contribution in [3.05, 3.63) is 54.4 Å². The fourth-order valence-electron chi connectivity index (χ4n) is 4.05. The number of rotatable bonds is 10. The van der Waals surface area contributed by atoms with Gasteiger partial charge in [0.15, 0.2) is 0 Å². The van der Waals surface area contributed by atoms with E-state index < -0.39 is 0 Å². The lowest BCUT2D eigenvalue weighted by atomic mass is 10.2. The summed E-state index contributed by atoms with van der Waals surface area (Å²) in [7, 11) is 1.65. The van der Waals surface area contributed by atoms with Crippen LogP contribution in [-0.4, -0.2) is 41.9 Å². The summed E-state index contributed by atoms with van der Waals surface area (Å²) >= 11 is 0. The number of benzene rings is 2. The molecule has 2 atom stereocenters. The molecule has 2 heterocycles. The highest BCUT2D eigenvalue weighted by Crippen LogP contribution is 2.23. The highest BCUT2D eigenvalue weighted by molar-refractivity contribution is 5.81. The first kappa shape index (κ1) is 22.1. The number of nitrogens with one attached hydrogen (secondary N) is 1. The van der Waals surface area contributed by atoms with Crippen molar-refractivity contribution in [1.82, 2.24) is 14.9 Å². The van der Waals surface area contributed by atoms with E-state index >= 15 is 0 Å². The number of carbonyl (C=O) groups is 1. The zero-order chi connectivity index (χ0) is 22.3. The van der Waals surface area contributed by atoms with Crippen LogP contribution in [0.15, 0.2) is 48.5 Å². The molecular weight excluding hydrogens is 406 g/mol. The molecule has 1 aliphatic rings. The monoisotopic (exact) mass is 437 g/mol. The highest BCUT2D eigenvalue weighted by Gasteiger charge is 2.26. The lowest BCUT2D eigenvalue weighted by Crippen LogP contribution is -2.36. The number of ether oxygens (including phenoxy) is 3. The summed E-state index contributed by atoms with van der Waals surface area (Å²) in [6.45, 7) is 4.09. The second kappa shape index (κ2) is 10.5. The second-order valence-corrected chi connectivity index (χ2v) is 8.07. The predicted octanol–water partition coefficient (Wildman–Crippen LogP) is 4.26. The minimum Gasteiger partial charge on any atom is -0.497 e. The maximum Gasteiger partial charge on any atom is 0.249 e. The lowest BCUT2D eigenvalue weighted by molar-refractivity contribution is -0.130. The summed E-state index contributed by atoms with van der Waals surface area (Å²) < 4.78 is 18.8. The summed E-state index contributed by atoms with van der Waals surface area (Å²) in [5.74, 6) is 2.47. The molecule has 4 rings (SSSR count). The van der Waals surface area contributed by atoms with Gasteiger partial charge < -0.3 is 24.1 Å². The molecule has 0 radical (unpaired) electrons. The standard InChI is InChI=1S/C25H31N3O4/c1-18(26-25(29)23-10-7-17-32-23)24-27-21-8-3-4-9-22(21)28(24)15-5-6-16-31-20-13-11-19(30-2)12-14-20/h3-4,8-9,11-14,18,23H,5-7,10,15-17H2,1-2H3,(H,26,29). The number of fused-ring (bicyclic) bond motifs is 1. The first-order chi connectivity index (χ1) is 15.7. The van der Waals surface area contributed by atoms with Crippen LogP contribution in [0.2, 0.25) is 0 Å². The van der Waals surface area contributed by atoms with E-state index in [0.29, 0.717) is 13.2 Å². The number of para-hydroxylation sites is 2. The summed E-state index contributed by atoms with van der Waals surface area (Å²) in [5, 5.41) is 3.09. The molecule has 0 aliphatic carbocycles. The fourth-order valence-corrected chi connectivity index (χ4v) is 4.05. The third-order valence-corrected chi connectivity index (χ3v) is 5.76. The third-order valence-electron chi connectivity index (χ3n) is 5.76. The Kier molecular flexibility index (Phi) is 7.27. The molecular formula is C25H31N3O4. The van der Waals surface area contributed by atoms with Crippen molar-refractivity contribution >= 4 is 16.9 Å². The molecule has 1 fully saturated rings. The van der Waals surface area contributed by atoms with Crippen molar-refractivity contribution in [2.75, 3.05) is 20.3 Å². The number of aryl methyl sites for hydroxylation is 1. The van der Waals surface area contributed by atoms with Crippen molar-refractivity contribution in [3.8, 4) is 11.5 Å². The molecule has 170 valence electrons. The Morgan fingerprint density at radius 2 is 1.97 bits per heavy atom. The Morgan fingerprint density at radius 1 is 1.19 bits per heavy atom. The van der Waals surface area contributed by atoms with E-state index in [1.54, 1.807) is 7.11 Å². The van der Waals surface area contributed by atoms with Crippen molar-refractivity contribution in [2.45, 2.75) is 51.3 Å². The molecule has 1 aromatic heterocycles. The molecule has 0 saturated carbocycles. The van der Waals surface area contributed by atoms with E-state index in [1.807, 2.05) is 49.4 Å². The van der Waals surface area contributed by atoms with Gasteiger partial charge in [-0.15, -0.1) is 0 Å². The zero-order valence-electron chi connectivity index (χ0n) is 18.8. The number of methoxy groups -OCH3 is 1. The molecule has 7 nitrogen and oxygen atoms in total. The van der Waals surface area contributed by atoms with E-state index in [9.17, 15) is 4.79 Å². The van der Waals surface area contributed by atoms with Gasteiger partial charge in [-0.1, -0.05) is 12.1 Å². The van der Waals surface area contributed by atoms with E-state index in [1.165, 1.54) is 0 Å². The molecule has 1 saturated heterocycles. The van der Waals surface area contributed by atoms with E-state index in [4.69, 9.17) is 19.2 Å². The average Bonchev–Trinajstić information content (AvgIpc) is 3.48. The van der Waals surface area contributed by atoms with E-state index in [0.717, 1.165) is 60.6 Å². The van der Waals surface area contributed by atoms with Crippen LogP contribution in [0.5, 0.6) is 11.5 Å². The molecule has 1 N–H and O–H groups in total. The van der Waals surface area contributed by atoms with Crippen molar-refractivity contribution in [3.63, 3.8) is 0 Å². The Bertz CT molecular complexity index is 1030. The molecule has 1 amide bonds. The summed E-state index contributed by atoms with van der Waals surface area (Å²) in [5.41, 5.74) is 2.02. The molecule has 7 heteroatoms. The molecule has 0 bridgehead atoms. The van der Waals surface area contributed by atoms with Crippen LogP contribution in [0.25, 0.3) is 11.0 Å². The SMILES string of the molecule is COc1ccc(OCCCCn2c(C(C)NC(=O)C3CCCO3)nc3ccccc32)cc1. The van der Waals surface area contributed by atoms with Crippen LogP contribution in [0.4, 0.5) is 0 Å². The van der Waals surface area contributed by atoms with Gasteiger partial charge in [0.1, 0.15) is 23.4 Å². The van der Waals surface area contributed by atoms with Crippen LogP contribution in [0, 0.1) is 0 Å². The predicted molar refractivity (Wildman–Crippen MR) is 123 cm³/mol. The number of imidazole rings is 1. The van der Waals surface area contributed by atoms with Gasteiger partial charge in [0.05, 0.1) is 30.8 Å². The minimum atomic E-state index is -0.342. The number of aromatic nitrogens is 2. The fraction of sp³-hybridized carbons (Fsp3) is 0.440. The third kappa shape index (κ3) is 5.22. The van der Waals surface area contributed by atoms with Gasteiger partial charge in [-0.2, -0.15) is 0 Å². The Labute approximate surface area is 188 Å². The first-order valence-corrected chi connectivity index (χ1v) is 11.3. The Balaban J connectivity index is 1.36. The van der Waals surface area contributed by atoms with Crippen LogP contribution in [0.3, 0.4) is 0 Å². The van der Waals surface area contributed by atoms with Gasteiger partial charge in [-0.05, 0) is 69.0 Å². The normalized spacial score (nSPS) is 16.8. The van der Waals surface area contributed by atoms with Gasteiger partial charge in [0, 0.05) is 13.2 Å². The first-order valence-electron chi connectivity index (χ1n) is 11.3. The van der Waals surface area contributed by atoms with Crippen LogP contribution >= 0.6 is 0 Å². The number of nitrogens with zero attached hydrogens (tertiary/aromatic N) is 2. The highest BCUT2D eigenvalue weighted by atomic mass is 16.5. The molecule has 1 aliphatic heterocycles. The average molecular weight is 438 g/mol. The number of hydrogen-bond donors (Lipinski definition) is 1. The zero-order valence-corrected chi connectivity index (χ0v) is 18.8. The topological polar surface area (TPSA) is 74.6 Å². The van der Waals surface area contributed by atoms with Crippen LogP contribution < -0.4 is 14.8 Å². The number of unbranched alkanes of at least 4 members (excludes halogenated alkanes) is 1. The minimum absolute atomic E-state index is 0.0542. The van der Waals surface area contributed by atoms with Crippen LogP contribution in [-0.2, 0) is 16.1 Å². The van der Waals surface area contributed by atoms with Crippen LogP contribution in [0.1, 0.15) is 44.5 Å². The maximum atomic E-state index is 12.5. The van der Waals surface area contributed by atoms with Gasteiger partial charge in [-0.3, -0.25) is 4.79 Å². The number of carbonyl (C=O) groups excluding carboxylic acids is 1.